The molecule has 0 spiro atoms. The van der Waals surface area contributed by atoms with Crippen molar-refractivity contribution in [1.82, 2.24) is 29.9 Å². The van der Waals surface area contributed by atoms with Crippen LogP contribution in [0.25, 0.3) is 134 Å². The molecule has 8 heterocycles. The number of hydrogen-bond donors (Lipinski definition) is 9. The normalized spacial score (nSPS) is 11.6. The van der Waals surface area contributed by atoms with Crippen molar-refractivity contribution in [3.8, 4) is 107 Å². The first-order chi connectivity index (χ1) is 64.6. The lowest BCUT2D eigenvalue weighted by molar-refractivity contribution is 0.0852. The van der Waals surface area contributed by atoms with E-state index in [2.05, 4.69) is 48.1 Å². The number of aromatic amines is 4. The number of fused-ring (bicyclic) bond motifs is 4. The monoisotopic (exact) mass is 1830 g/mol. The van der Waals surface area contributed by atoms with Gasteiger partial charge < -0.3 is 60.9 Å². The summed E-state index contributed by atoms with van der Waals surface area (Å²) in [5, 5.41) is 22.8. The third-order valence-electron chi connectivity index (χ3n) is 22.8. The molecule has 8 aromatic heterocycles. The molecule has 0 saturated carbocycles. The van der Waals surface area contributed by atoms with E-state index in [-0.39, 0.29) is 67.9 Å². The molecule has 0 amide bonds. The molecule has 137 heavy (non-hydrogen) atoms. The first-order valence-electron chi connectivity index (χ1n) is 45.3. The van der Waals surface area contributed by atoms with Crippen molar-refractivity contribution < 1.29 is 52.6 Å². The average molecular weight is 1830 g/mol. The Hall–Kier alpha value is -16.0. The molecule has 0 aliphatic rings. The standard InChI is InChI=1S/C21H22N2O.C21H21NO2.C20H21NO2.C19H19NO2.2C18H18N2O2/c1-21(2,3)20(24)16-6-4-15(5-7-16)19-12-17(13-23-19)14-8-10-18(22)11-9-14;1-21(2,3)20(24)16-6-4-15(5-7-16)19-12-17(13-22-19)14-8-10-18(23)11-9-14;1-20(2,3)19(22)14-7-5-13(6-8-14)18-12-15-11-16(23-4)9-10-17(15)21-18;1-19(2,3)18(21)13-6-4-12(5-7-13)17-11-14-10-15(20)8-9-16(14)22-17;1-18(2,3)17(22)11-4-6-15(19-10-11)16-9-12-8-13(21)5-7-14(12)20-16;1-18(2,3)17(21)11-4-6-14(20-10-11)16-9-12-8-13(19)5-7-15(12)22-16/h4-13,23H,22H2,1-3H3;4-13,22-23H,1-3H3;5-12,21H,1-4H3;4-11H,20H2,1-3H3;4-10,20-21H,1-3H3;4-10H,19H2,1-3H3. The minimum atomic E-state index is -0.417. The number of nitrogens with one attached hydrogen (secondary N) is 4. The van der Waals surface area contributed by atoms with Gasteiger partial charge >= 0.3 is 0 Å². The maximum Gasteiger partial charge on any atom is 0.169 e. The van der Waals surface area contributed by atoms with E-state index < -0.39 is 10.8 Å². The molecule has 0 aliphatic carbocycles. The number of methoxy groups -OCH3 is 1. The quantitative estimate of drug-likeness (QED) is 0.0340. The molecule has 20 nitrogen and oxygen atoms in total. The lowest BCUT2D eigenvalue weighted by Crippen LogP contribution is -2.20. The number of nitrogens with two attached hydrogens (primary N) is 3. The fourth-order valence-corrected chi connectivity index (χ4v) is 15.0. The van der Waals surface area contributed by atoms with Gasteiger partial charge in [0, 0.05) is 163 Å². The molecule has 0 radical (unpaired) electrons. The highest BCUT2D eigenvalue weighted by Crippen LogP contribution is 2.38. The largest absolute Gasteiger partial charge is 0.508 e. The van der Waals surface area contributed by atoms with Crippen LogP contribution in [0.3, 0.4) is 0 Å². The number of pyridine rings is 2. The van der Waals surface area contributed by atoms with Crippen molar-refractivity contribution in [2.75, 3.05) is 24.3 Å². The van der Waals surface area contributed by atoms with Crippen molar-refractivity contribution >= 4 is 95.5 Å². The summed E-state index contributed by atoms with van der Waals surface area (Å²) in [5.41, 5.74) is 38.7. The number of anilines is 3. The Bertz CT molecular complexity index is 6850. The van der Waals surface area contributed by atoms with E-state index in [1.807, 2.05) is 349 Å². The number of rotatable bonds is 15. The maximum absolute atomic E-state index is 12.3. The molecular weight excluding hydrogens is 1710 g/mol. The van der Waals surface area contributed by atoms with E-state index in [4.69, 9.17) is 30.8 Å². The highest BCUT2D eigenvalue weighted by molar-refractivity contribution is 6.04. The van der Waals surface area contributed by atoms with E-state index in [0.717, 1.165) is 156 Å². The summed E-state index contributed by atoms with van der Waals surface area (Å²) in [5.74, 6) is 3.51. The van der Waals surface area contributed by atoms with Gasteiger partial charge in [-0.2, -0.15) is 0 Å². The van der Waals surface area contributed by atoms with Gasteiger partial charge in [-0.15, -0.1) is 0 Å². The first kappa shape index (κ1) is 98.5. The summed E-state index contributed by atoms with van der Waals surface area (Å²) in [6, 6.07) is 87.2. The number of aromatic hydroxyl groups is 2. The van der Waals surface area contributed by atoms with Gasteiger partial charge in [-0.05, 0) is 197 Å². The van der Waals surface area contributed by atoms with Crippen molar-refractivity contribution in [3.63, 3.8) is 0 Å². The number of ketones is 6. The van der Waals surface area contributed by atoms with Crippen molar-refractivity contribution in [3.05, 3.63) is 337 Å². The van der Waals surface area contributed by atoms with Crippen LogP contribution in [-0.2, 0) is 0 Å². The lowest BCUT2D eigenvalue weighted by atomic mass is 9.86. The highest BCUT2D eigenvalue weighted by Gasteiger charge is 2.29. The second-order valence-corrected chi connectivity index (χ2v) is 40.3. The van der Waals surface area contributed by atoms with Gasteiger partial charge in [-0.1, -0.05) is 246 Å². The van der Waals surface area contributed by atoms with Gasteiger partial charge in [-0.25, -0.2) is 0 Å². The van der Waals surface area contributed by atoms with Crippen LogP contribution < -0.4 is 21.9 Å². The number of nitrogen functional groups attached to an aromatic ring is 3. The third kappa shape index (κ3) is 24.7. The SMILES string of the molecule is CC(C)(C)C(=O)c1ccc(-c2cc(-c3ccc(N)cc3)c[nH]2)cc1.CC(C)(C)C(=O)c1ccc(-c2cc(-c3ccc(O)cc3)c[nH]2)cc1.CC(C)(C)C(=O)c1ccc(-c2cc3cc(N)ccc3o2)cc1.CC(C)(C)C(=O)c1ccc(-c2cc3cc(N)ccc3o2)nc1.CC(C)(C)C(=O)c1ccc(-c2cc3cc(O)ccc3[nH]2)nc1.COc1ccc2[nH]c(-c3ccc(C(=O)C(C)(C)C)cc3)cc2c1. The molecule has 0 aliphatic heterocycles. The first-order valence-corrected chi connectivity index (χ1v) is 45.3. The molecule has 698 valence electrons. The summed E-state index contributed by atoms with van der Waals surface area (Å²) in [6.45, 7) is 34.6. The van der Waals surface area contributed by atoms with Gasteiger partial charge in [0.2, 0.25) is 0 Å². The summed E-state index contributed by atoms with van der Waals surface area (Å²) in [6.07, 6.45) is 7.14. The molecule has 12 N–H and O–H groups in total. The van der Waals surface area contributed by atoms with Crippen molar-refractivity contribution in [2.45, 2.75) is 125 Å². The third-order valence-corrected chi connectivity index (χ3v) is 22.8. The Morgan fingerprint density at radius 2 is 0.613 bits per heavy atom. The fourth-order valence-electron chi connectivity index (χ4n) is 15.0. The number of carbonyl (C=O) groups is 6. The summed E-state index contributed by atoms with van der Waals surface area (Å²) < 4.78 is 16.9. The molecular formula is C117H119N9O11. The molecule has 0 bridgehead atoms. The number of carbonyl (C=O) groups excluding carboxylic acids is 6. The lowest BCUT2D eigenvalue weighted by Gasteiger charge is -2.16. The molecule has 0 fully saturated rings. The second-order valence-electron chi connectivity index (χ2n) is 40.3. The van der Waals surface area contributed by atoms with Gasteiger partial charge in [0.15, 0.2) is 40.5 Å². The van der Waals surface area contributed by atoms with Crippen LogP contribution in [0.4, 0.5) is 17.1 Å². The van der Waals surface area contributed by atoms with Crippen LogP contribution in [0.5, 0.6) is 17.2 Å². The number of phenolic OH excluding ortho intramolecular Hbond substituents is 2. The van der Waals surface area contributed by atoms with Gasteiger partial charge in [0.25, 0.3) is 0 Å². The number of phenols is 2. The van der Waals surface area contributed by atoms with Crippen LogP contribution in [0, 0.1) is 32.5 Å². The molecule has 18 rings (SSSR count). The molecule has 0 atom stereocenters. The zero-order valence-corrected chi connectivity index (χ0v) is 81.1. The number of Topliss-reactive ketones (excluding diaryl/α,β-unsaturated/α-hetero) is 6. The Morgan fingerprint density at radius 3 is 1.02 bits per heavy atom. The van der Waals surface area contributed by atoms with E-state index in [0.29, 0.717) is 34.0 Å². The van der Waals surface area contributed by atoms with E-state index in [1.165, 1.54) is 0 Å². The zero-order valence-electron chi connectivity index (χ0n) is 81.1. The van der Waals surface area contributed by atoms with Crippen LogP contribution in [0.1, 0.15) is 187 Å². The summed E-state index contributed by atoms with van der Waals surface area (Å²) in [4.78, 5) is 95.6. The van der Waals surface area contributed by atoms with Crippen LogP contribution in [0.15, 0.2) is 313 Å². The van der Waals surface area contributed by atoms with Crippen LogP contribution in [0.2, 0.25) is 0 Å². The summed E-state index contributed by atoms with van der Waals surface area (Å²) >= 11 is 0. The minimum Gasteiger partial charge on any atom is -0.508 e. The number of ether oxygens (including phenoxy) is 1. The maximum atomic E-state index is 12.3. The molecule has 20 heteroatoms. The predicted octanol–water partition coefficient (Wildman–Crippen LogP) is 28.9. The highest BCUT2D eigenvalue weighted by atomic mass is 16.5. The van der Waals surface area contributed by atoms with Crippen molar-refractivity contribution in [2.24, 2.45) is 32.5 Å². The molecule has 18 aromatic rings. The topological polar surface area (TPSA) is 345 Å². The van der Waals surface area contributed by atoms with Crippen molar-refractivity contribution in [1.29, 1.82) is 0 Å². The number of furan rings is 2. The molecule has 0 unspecified atom stereocenters. The number of H-pyrrole nitrogens is 4. The fraction of sp³-hybridized carbons (Fsp3) is 0.214. The average Bonchev–Trinajstić information content (AvgIpc) is 1.67. The van der Waals surface area contributed by atoms with E-state index in [1.54, 1.807) is 68.0 Å². The van der Waals surface area contributed by atoms with Crippen LogP contribution >= 0.6 is 0 Å². The smallest absolute Gasteiger partial charge is 0.169 e. The van der Waals surface area contributed by atoms with Gasteiger partial charge in [0.05, 0.1) is 18.5 Å². The molecule has 10 aromatic carbocycles. The van der Waals surface area contributed by atoms with E-state index >= 15 is 0 Å². The molecule has 0 saturated heterocycles. The van der Waals surface area contributed by atoms with E-state index in [9.17, 15) is 39.0 Å². The Labute approximate surface area is 799 Å². The summed E-state index contributed by atoms with van der Waals surface area (Å²) in [7, 11) is 1.67. The van der Waals surface area contributed by atoms with Gasteiger partial charge in [-0.3, -0.25) is 38.7 Å². The zero-order chi connectivity index (χ0) is 99.0. The predicted molar refractivity (Wildman–Crippen MR) is 556 cm³/mol. The van der Waals surface area contributed by atoms with Gasteiger partial charge in [0.1, 0.15) is 39.9 Å². The number of hydrogen-bond acceptors (Lipinski definition) is 16. The Kier molecular flexibility index (Phi) is 29.1. The number of aromatic nitrogens is 6. The minimum absolute atomic E-state index is 0.0731. The second kappa shape index (κ2) is 40.5. The Balaban J connectivity index is 0.000000139. The Morgan fingerprint density at radius 1 is 0.285 bits per heavy atom. The van der Waals surface area contributed by atoms with Crippen LogP contribution in [-0.4, -0.2) is 81.9 Å². The number of nitrogens with zero attached hydrogens (tertiary/aromatic N) is 2. The number of benzene rings is 10.